The highest BCUT2D eigenvalue weighted by Crippen LogP contribution is 2.44. The molecular weight excluding hydrogens is 989 g/mol. The summed E-state index contributed by atoms with van der Waals surface area (Å²) in [5.74, 6) is -5.51. The summed E-state index contributed by atoms with van der Waals surface area (Å²) >= 11 is 0. The number of hydroxylamine groups is 3. The van der Waals surface area contributed by atoms with Crippen molar-refractivity contribution in [3.05, 3.63) is 71.8 Å². The number of imide groups is 1. The van der Waals surface area contributed by atoms with Crippen LogP contribution >= 0.6 is 0 Å². The number of carbonyl (C=O) groups is 11. The fourth-order valence-electron chi connectivity index (χ4n) is 7.93. The summed E-state index contributed by atoms with van der Waals surface area (Å²) in [4.78, 5) is 144. The van der Waals surface area contributed by atoms with Gasteiger partial charge in [-0.15, -0.1) is 5.06 Å². The molecule has 2 aromatic carbocycles. The summed E-state index contributed by atoms with van der Waals surface area (Å²) < 4.78 is 26.2. The predicted molar refractivity (Wildman–Crippen MR) is 258 cm³/mol. The number of nitrogens with one attached hydrogen (secondary N) is 6. The number of nitrogens with zero attached hydrogens (tertiary/aromatic N) is 1. The van der Waals surface area contributed by atoms with Crippen LogP contribution in [0.1, 0.15) is 74.8 Å². The summed E-state index contributed by atoms with van der Waals surface area (Å²) in [6.07, 6.45) is 1.54. The van der Waals surface area contributed by atoms with Crippen LogP contribution in [-0.2, 0) is 71.7 Å². The van der Waals surface area contributed by atoms with Gasteiger partial charge in [0.1, 0.15) is 38.6 Å². The maximum absolute atomic E-state index is 13.5. The second kappa shape index (κ2) is 31.0. The van der Waals surface area contributed by atoms with Crippen LogP contribution in [0, 0.1) is 5.92 Å². The van der Waals surface area contributed by atoms with Crippen molar-refractivity contribution in [1.82, 2.24) is 37.1 Å². The van der Waals surface area contributed by atoms with Gasteiger partial charge in [-0.1, -0.05) is 61.4 Å². The maximum atomic E-state index is 13.5. The van der Waals surface area contributed by atoms with E-state index in [-0.39, 0.29) is 109 Å². The molecule has 2 aliphatic carbocycles. The highest BCUT2D eigenvalue weighted by atomic mass is 16.7. The lowest BCUT2D eigenvalue weighted by molar-refractivity contribution is -0.171. The molecule has 0 aromatic heterocycles. The Bertz CT molecular complexity index is 2320. The Balaban J connectivity index is 0.948. The zero-order valence-electron chi connectivity index (χ0n) is 41.1. The molecule has 1 aliphatic heterocycles. The van der Waals surface area contributed by atoms with E-state index in [0.29, 0.717) is 30.7 Å². The van der Waals surface area contributed by atoms with E-state index >= 15 is 0 Å². The standard InChI is InChI=1S/C49H62N8O18/c50-45(64)37(14-6-5-13-35-39(58)16-17-40(35)59)55-46(65)38(15-7-8-20-51-41(60)29-74-56-49(68)73-27-36-33-11-3-1-9-31(33)32-10-2-4-12-34(32)36)54-42(61)28-70-23-24-71-30-53-47(66)72-26-25-69-22-21-52-48(67)75-57-43(62)18-19-44(57)63/h1-4,9-12,16-17,35-38H,5-8,13-15,18-30H2,(H2,50,64)(H,51,60)(H,52,67)(H,53,66)(H,54,61)(H,55,65)(H,56,68)/t37-,38-/m0/s1. The maximum Gasteiger partial charge on any atom is 0.432 e. The minimum Gasteiger partial charge on any atom is -0.447 e. The first-order valence-corrected chi connectivity index (χ1v) is 24.3. The molecule has 26 heteroatoms. The summed E-state index contributed by atoms with van der Waals surface area (Å²) in [6, 6.07) is 13.4. The molecular formula is C49H62N8O18. The molecule has 1 heterocycles. The van der Waals surface area contributed by atoms with Crippen LogP contribution in [0.3, 0.4) is 0 Å². The van der Waals surface area contributed by atoms with E-state index in [2.05, 4.69) is 36.9 Å². The Labute approximate surface area is 430 Å². The number of unbranched alkanes of at least 4 members (excludes halogenated alkanes) is 2. The van der Waals surface area contributed by atoms with Crippen LogP contribution < -0.4 is 37.8 Å². The number of carbonyl (C=O) groups excluding carboxylic acids is 11. The third kappa shape index (κ3) is 19.5. The van der Waals surface area contributed by atoms with Gasteiger partial charge in [-0.05, 0) is 66.5 Å². The summed E-state index contributed by atoms with van der Waals surface area (Å²) in [6.45, 7) is -1.41. The van der Waals surface area contributed by atoms with E-state index in [1.807, 2.05) is 48.5 Å². The van der Waals surface area contributed by atoms with Crippen LogP contribution in [0.15, 0.2) is 60.7 Å². The quantitative estimate of drug-likeness (QED) is 0.0169. The van der Waals surface area contributed by atoms with Gasteiger partial charge >= 0.3 is 18.3 Å². The number of fused-ring (bicyclic) bond motifs is 3. The van der Waals surface area contributed by atoms with Crippen LogP contribution in [0.25, 0.3) is 11.1 Å². The van der Waals surface area contributed by atoms with Gasteiger partial charge in [-0.3, -0.25) is 48.5 Å². The number of alkyl carbamates (subject to hydrolysis) is 1. The number of hydrogen-bond acceptors (Lipinski definition) is 18. The van der Waals surface area contributed by atoms with Gasteiger partial charge in [0.2, 0.25) is 23.6 Å². The van der Waals surface area contributed by atoms with Gasteiger partial charge in [0.15, 0.2) is 18.2 Å². The largest absolute Gasteiger partial charge is 0.447 e. The van der Waals surface area contributed by atoms with Crippen molar-refractivity contribution in [1.29, 1.82) is 0 Å². The molecule has 0 bridgehead atoms. The number of benzene rings is 2. The van der Waals surface area contributed by atoms with E-state index < -0.39 is 84.9 Å². The molecule has 5 rings (SSSR count). The molecule has 3 aliphatic rings. The monoisotopic (exact) mass is 1050 g/mol. The van der Waals surface area contributed by atoms with Crippen molar-refractivity contribution < 1.29 is 86.1 Å². The summed E-state index contributed by atoms with van der Waals surface area (Å²) in [5, 5.41) is 12.8. The van der Waals surface area contributed by atoms with Gasteiger partial charge in [0, 0.05) is 31.8 Å². The molecule has 26 nitrogen and oxygen atoms in total. The highest BCUT2D eigenvalue weighted by Gasteiger charge is 2.33. The van der Waals surface area contributed by atoms with Gasteiger partial charge < -0.3 is 55.5 Å². The number of amides is 9. The Morgan fingerprint density at radius 1 is 0.600 bits per heavy atom. The van der Waals surface area contributed by atoms with Crippen molar-refractivity contribution in [2.24, 2.45) is 11.7 Å². The van der Waals surface area contributed by atoms with Crippen LogP contribution in [0.5, 0.6) is 0 Å². The second-order valence-corrected chi connectivity index (χ2v) is 17.0. The average Bonchev–Trinajstić information content (AvgIpc) is 4.01. The number of nitrogens with two attached hydrogens (primary N) is 1. The molecule has 9 amide bonds. The predicted octanol–water partition coefficient (Wildman–Crippen LogP) is 0.606. The van der Waals surface area contributed by atoms with E-state index in [0.717, 1.165) is 22.3 Å². The molecule has 0 radical (unpaired) electrons. The van der Waals surface area contributed by atoms with Crippen LogP contribution in [0.2, 0.25) is 0 Å². The summed E-state index contributed by atoms with van der Waals surface area (Å²) in [5.41, 5.74) is 11.9. The lowest BCUT2D eigenvalue weighted by atomic mass is 9.96. The molecule has 0 spiro atoms. The fraction of sp³-hybridized carbons (Fsp3) is 0.490. The number of ketones is 2. The Hall–Kier alpha value is -7.81. The van der Waals surface area contributed by atoms with E-state index in [1.165, 1.54) is 12.2 Å². The average molecular weight is 1050 g/mol. The number of ether oxygens (including phenoxy) is 5. The Morgan fingerprint density at radius 2 is 1.24 bits per heavy atom. The first-order chi connectivity index (χ1) is 36.2. The van der Waals surface area contributed by atoms with Crippen molar-refractivity contribution in [3.8, 4) is 11.1 Å². The number of primary amides is 1. The number of hydrogen-bond donors (Lipinski definition) is 7. The lowest BCUT2D eigenvalue weighted by Gasteiger charge is -2.22. The van der Waals surface area contributed by atoms with E-state index in [4.69, 9.17) is 34.3 Å². The van der Waals surface area contributed by atoms with Gasteiger partial charge in [0.05, 0.1) is 32.3 Å². The molecule has 0 unspecified atom stereocenters. The second-order valence-electron chi connectivity index (χ2n) is 17.0. The van der Waals surface area contributed by atoms with Gasteiger partial charge in [-0.25, -0.2) is 14.4 Å². The zero-order valence-corrected chi connectivity index (χ0v) is 41.1. The van der Waals surface area contributed by atoms with Crippen molar-refractivity contribution >= 4 is 65.3 Å². The molecule has 1 saturated heterocycles. The third-order valence-electron chi connectivity index (χ3n) is 11.7. The molecule has 406 valence electrons. The van der Waals surface area contributed by atoms with Crippen LogP contribution in [-0.4, -0.2) is 155 Å². The minimum atomic E-state index is -1.17. The minimum absolute atomic E-state index is 0.0112. The smallest absolute Gasteiger partial charge is 0.432 e. The number of allylic oxidation sites excluding steroid dienone is 2. The molecule has 0 saturated carbocycles. The summed E-state index contributed by atoms with van der Waals surface area (Å²) in [7, 11) is 0. The van der Waals surface area contributed by atoms with E-state index in [1.54, 1.807) is 0 Å². The molecule has 1 fully saturated rings. The van der Waals surface area contributed by atoms with Gasteiger partial charge in [0.25, 0.3) is 11.8 Å². The zero-order chi connectivity index (χ0) is 54.0. The lowest BCUT2D eigenvalue weighted by Crippen LogP contribution is -2.53. The third-order valence-corrected chi connectivity index (χ3v) is 11.7. The molecule has 2 aromatic rings. The molecule has 8 N–H and O–H groups in total. The molecule has 2 atom stereocenters. The first-order valence-electron chi connectivity index (χ1n) is 24.3. The van der Waals surface area contributed by atoms with Gasteiger partial charge in [-0.2, -0.15) is 5.48 Å². The van der Waals surface area contributed by atoms with Crippen molar-refractivity contribution in [2.75, 3.05) is 72.7 Å². The topological polar surface area (TPSA) is 354 Å². The fourth-order valence-corrected chi connectivity index (χ4v) is 7.93. The van der Waals surface area contributed by atoms with Crippen molar-refractivity contribution in [2.45, 2.75) is 75.8 Å². The van der Waals surface area contributed by atoms with Crippen LogP contribution in [0.4, 0.5) is 14.4 Å². The normalized spacial score (nSPS) is 14.6. The highest BCUT2D eigenvalue weighted by molar-refractivity contribution is 6.18. The van der Waals surface area contributed by atoms with E-state index in [9.17, 15) is 52.7 Å². The Kier molecular flexibility index (Phi) is 24.0. The Morgan fingerprint density at radius 3 is 1.93 bits per heavy atom. The number of rotatable bonds is 33. The SMILES string of the molecule is NC(=O)[C@H](CCCCC1C(=O)C=CC1=O)NC(=O)[C@H](CCCCNC(=O)CONC(=O)OCC1c2ccccc2-c2ccccc21)NC(=O)COCCOCNC(=O)OCCOCCNC(=O)ON1C(=O)CCC1=O. The first kappa shape index (κ1) is 58.1. The van der Waals surface area contributed by atoms with Crippen molar-refractivity contribution in [3.63, 3.8) is 0 Å². The molecule has 75 heavy (non-hydrogen) atoms.